The predicted octanol–water partition coefficient (Wildman–Crippen LogP) is 4.64. The molecule has 0 saturated carbocycles. The summed E-state index contributed by atoms with van der Waals surface area (Å²) in [5.41, 5.74) is 2.38. The van der Waals surface area contributed by atoms with Gasteiger partial charge in [-0.3, -0.25) is 20.0 Å². The van der Waals surface area contributed by atoms with E-state index in [4.69, 9.17) is 0 Å². The largest absolute Gasteiger partial charge is 0.322 e. The predicted molar refractivity (Wildman–Crippen MR) is 108 cm³/mol. The number of fused-ring (bicyclic) bond motifs is 1. The summed E-state index contributed by atoms with van der Waals surface area (Å²) in [4.78, 5) is 28.3. The van der Waals surface area contributed by atoms with E-state index in [0.717, 1.165) is 16.6 Å². The molecule has 0 unspecified atom stereocenters. The van der Waals surface area contributed by atoms with Gasteiger partial charge in [-0.1, -0.05) is 11.8 Å². The number of hydrogen-bond acceptors (Lipinski definition) is 7. The van der Waals surface area contributed by atoms with Gasteiger partial charge < -0.3 is 5.32 Å². The maximum Gasteiger partial charge on any atom is 0.284 e. The molecule has 0 aliphatic rings. The number of anilines is 1. The smallest absolute Gasteiger partial charge is 0.284 e. The molecule has 140 valence electrons. The van der Waals surface area contributed by atoms with Crippen molar-refractivity contribution in [3.05, 3.63) is 69.3 Å². The van der Waals surface area contributed by atoms with Crippen LogP contribution >= 0.6 is 23.1 Å². The zero-order valence-electron chi connectivity index (χ0n) is 14.5. The molecule has 10 heteroatoms. The van der Waals surface area contributed by atoms with Crippen molar-refractivity contribution in [1.82, 2.24) is 15.2 Å². The van der Waals surface area contributed by atoms with Crippen molar-refractivity contribution in [3.8, 4) is 0 Å². The van der Waals surface area contributed by atoms with E-state index >= 15 is 0 Å². The summed E-state index contributed by atoms with van der Waals surface area (Å²) in [7, 11) is 0. The lowest BCUT2D eigenvalue weighted by molar-refractivity contribution is -0.387. The van der Waals surface area contributed by atoms with Gasteiger partial charge in [-0.05, 0) is 37.3 Å². The molecule has 4 aromatic rings. The molecule has 2 aromatic carbocycles. The topological polar surface area (TPSA) is 114 Å². The number of amides is 1. The summed E-state index contributed by atoms with van der Waals surface area (Å²) in [6.45, 7) is 1.86. The number of thiazole rings is 1. The van der Waals surface area contributed by atoms with Crippen LogP contribution in [0.5, 0.6) is 0 Å². The standard InChI is InChI=1S/C18H13N5O3S2/c1-10-9-27-18(20-10)28-16-5-2-11(7-15(16)23(25)26)17(24)21-13-3-4-14-12(6-13)8-19-22-14/h2-9H,1H3,(H,19,22)(H,21,24). The fourth-order valence-electron chi connectivity index (χ4n) is 2.58. The Bertz CT molecular complexity index is 1200. The van der Waals surface area contributed by atoms with E-state index in [0.29, 0.717) is 14.9 Å². The van der Waals surface area contributed by atoms with Crippen molar-refractivity contribution in [1.29, 1.82) is 0 Å². The van der Waals surface area contributed by atoms with Gasteiger partial charge in [-0.2, -0.15) is 5.10 Å². The van der Waals surface area contributed by atoms with Crippen LogP contribution in [-0.2, 0) is 0 Å². The molecule has 2 aromatic heterocycles. The molecule has 2 heterocycles. The van der Waals surface area contributed by atoms with Crippen LogP contribution in [0.2, 0.25) is 0 Å². The maximum atomic E-state index is 12.6. The van der Waals surface area contributed by atoms with E-state index in [2.05, 4.69) is 20.5 Å². The van der Waals surface area contributed by atoms with E-state index in [9.17, 15) is 14.9 Å². The SMILES string of the molecule is Cc1csc(Sc2ccc(C(=O)Nc3ccc4[nH]ncc4c3)cc2[N+](=O)[O-])n1. The van der Waals surface area contributed by atoms with Gasteiger partial charge in [0, 0.05) is 33.8 Å². The van der Waals surface area contributed by atoms with Crippen molar-refractivity contribution in [2.24, 2.45) is 0 Å². The summed E-state index contributed by atoms with van der Waals surface area (Å²) < 4.78 is 0.714. The third-order valence-corrected chi connectivity index (χ3v) is 6.03. The summed E-state index contributed by atoms with van der Waals surface area (Å²) in [6, 6.07) is 9.75. The number of aromatic nitrogens is 3. The average Bonchev–Trinajstić information content (AvgIpc) is 3.30. The molecule has 1 amide bonds. The normalized spacial score (nSPS) is 10.9. The number of nitro benzene ring substituents is 1. The third-order valence-electron chi connectivity index (χ3n) is 3.91. The first-order valence-electron chi connectivity index (χ1n) is 8.12. The highest BCUT2D eigenvalue weighted by molar-refractivity contribution is 8.01. The van der Waals surface area contributed by atoms with E-state index in [1.807, 2.05) is 12.3 Å². The average molecular weight is 411 g/mol. The van der Waals surface area contributed by atoms with Gasteiger partial charge in [-0.15, -0.1) is 11.3 Å². The van der Waals surface area contributed by atoms with Crippen LogP contribution in [0, 0.1) is 17.0 Å². The zero-order chi connectivity index (χ0) is 19.7. The van der Waals surface area contributed by atoms with E-state index in [-0.39, 0.29) is 11.3 Å². The first-order chi connectivity index (χ1) is 13.5. The molecular weight excluding hydrogens is 398 g/mol. The van der Waals surface area contributed by atoms with Crippen molar-refractivity contribution in [2.75, 3.05) is 5.32 Å². The molecule has 0 saturated heterocycles. The highest BCUT2D eigenvalue weighted by atomic mass is 32.2. The molecule has 0 radical (unpaired) electrons. The van der Waals surface area contributed by atoms with Crippen LogP contribution in [0.1, 0.15) is 16.1 Å². The molecule has 0 fully saturated rings. The number of carbonyl (C=O) groups is 1. The second-order valence-electron chi connectivity index (χ2n) is 5.92. The van der Waals surface area contributed by atoms with Crippen LogP contribution in [0.25, 0.3) is 10.9 Å². The summed E-state index contributed by atoms with van der Waals surface area (Å²) in [5, 5.41) is 23.8. The van der Waals surface area contributed by atoms with Crippen molar-refractivity contribution in [3.63, 3.8) is 0 Å². The van der Waals surface area contributed by atoms with Gasteiger partial charge in [0.2, 0.25) is 0 Å². The maximum absolute atomic E-state index is 12.6. The van der Waals surface area contributed by atoms with Gasteiger partial charge >= 0.3 is 0 Å². The fraction of sp³-hybridized carbons (Fsp3) is 0.0556. The van der Waals surface area contributed by atoms with Crippen molar-refractivity contribution >= 4 is 51.3 Å². The molecule has 0 bridgehead atoms. The second-order valence-corrected chi connectivity index (χ2v) is 8.07. The number of nitrogens with one attached hydrogen (secondary N) is 2. The Morgan fingerprint density at radius 1 is 1.29 bits per heavy atom. The lowest BCUT2D eigenvalue weighted by Gasteiger charge is -2.07. The van der Waals surface area contributed by atoms with Gasteiger partial charge in [0.15, 0.2) is 4.34 Å². The summed E-state index contributed by atoms with van der Waals surface area (Å²) >= 11 is 2.63. The molecule has 2 N–H and O–H groups in total. The number of nitro groups is 1. The fourth-order valence-corrected chi connectivity index (χ4v) is 4.46. The number of hydrogen-bond donors (Lipinski definition) is 2. The van der Waals surface area contributed by atoms with Gasteiger partial charge in [0.1, 0.15) is 0 Å². The van der Waals surface area contributed by atoms with E-state index in [1.54, 1.807) is 36.5 Å². The number of rotatable bonds is 5. The second kappa shape index (κ2) is 7.41. The highest BCUT2D eigenvalue weighted by Gasteiger charge is 2.19. The van der Waals surface area contributed by atoms with E-state index in [1.165, 1.54) is 29.2 Å². The Hall–Kier alpha value is -3.24. The van der Waals surface area contributed by atoms with E-state index < -0.39 is 10.8 Å². The van der Waals surface area contributed by atoms with Crippen LogP contribution in [0.15, 0.2) is 57.2 Å². The quantitative estimate of drug-likeness (QED) is 0.365. The van der Waals surface area contributed by atoms with Crippen LogP contribution in [-0.4, -0.2) is 26.0 Å². The minimum Gasteiger partial charge on any atom is -0.322 e. The Labute approximate surface area is 167 Å². The van der Waals surface area contributed by atoms with Crippen LogP contribution in [0.4, 0.5) is 11.4 Å². The van der Waals surface area contributed by atoms with Gasteiger partial charge in [0.25, 0.3) is 11.6 Å². The number of aryl methyl sites for hydroxylation is 1. The molecule has 0 spiro atoms. The number of nitrogens with zero attached hydrogens (tertiary/aromatic N) is 3. The first-order valence-corrected chi connectivity index (χ1v) is 9.82. The molecule has 8 nitrogen and oxygen atoms in total. The summed E-state index contributed by atoms with van der Waals surface area (Å²) in [5.74, 6) is -0.424. The Morgan fingerprint density at radius 2 is 2.14 bits per heavy atom. The minimum absolute atomic E-state index is 0.129. The van der Waals surface area contributed by atoms with Crippen molar-refractivity contribution in [2.45, 2.75) is 16.2 Å². The number of aromatic amines is 1. The molecule has 28 heavy (non-hydrogen) atoms. The Kier molecular flexibility index (Phi) is 4.80. The number of benzene rings is 2. The minimum atomic E-state index is -0.489. The third kappa shape index (κ3) is 3.73. The molecular formula is C18H13N5O3S2. The first kappa shape index (κ1) is 18.1. The lowest BCUT2D eigenvalue weighted by atomic mass is 10.1. The van der Waals surface area contributed by atoms with Crippen LogP contribution < -0.4 is 5.32 Å². The summed E-state index contributed by atoms with van der Waals surface area (Å²) in [6.07, 6.45) is 1.65. The number of H-pyrrole nitrogens is 1. The number of carbonyl (C=O) groups excluding carboxylic acids is 1. The lowest BCUT2D eigenvalue weighted by Crippen LogP contribution is -2.12. The molecule has 0 aliphatic heterocycles. The molecule has 0 aliphatic carbocycles. The Morgan fingerprint density at radius 3 is 2.89 bits per heavy atom. The Balaban J connectivity index is 1.58. The van der Waals surface area contributed by atoms with Crippen LogP contribution in [0.3, 0.4) is 0 Å². The van der Waals surface area contributed by atoms with Gasteiger partial charge in [-0.25, -0.2) is 4.98 Å². The molecule has 4 rings (SSSR count). The molecule has 0 atom stereocenters. The zero-order valence-corrected chi connectivity index (χ0v) is 16.1. The highest BCUT2D eigenvalue weighted by Crippen LogP contribution is 2.36. The monoisotopic (exact) mass is 411 g/mol. The van der Waals surface area contributed by atoms with Crippen molar-refractivity contribution < 1.29 is 9.72 Å². The van der Waals surface area contributed by atoms with Gasteiger partial charge in [0.05, 0.1) is 21.5 Å².